The van der Waals surface area contributed by atoms with Crippen LogP contribution in [0, 0.1) is 6.92 Å². The van der Waals surface area contributed by atoms with Crippen molar-refractivity contribution in [2.45, 2.75) is 13.5 Å². The third kappa shape index (κ3) is 4.38. The first-order chi connectivity index (χ1) is 14.3. The lowest BCUT2D eigenvalue weighted by Crippen LogP contribution is -2.37. The minimum atomic E-state index is -2.46. The zero-order valence-corrected chi connectivity index (χ0v) is 17.6. The van der Waals surface area contributed by atoms with Crippen LogP contribution in [0.15, 0.2) is 30.5 Å². The smallest absolute Gasteiger partial charge is 0.294 e. The average molecular weight is 433 g/mol. The average Bonchev–Trinajstić information content (AvgIpc) is 3.08. The van der Waals surface area contributed by atoms with Gasteiger partial charge in [0.25, 0.3) is 5.91 Å². The molecule has 0 radical (unpaired) electrons. The zero-order valence-electron chi connectivity index (χ0n) is 16.8. The molecule has 160 valence electrons. The van der Waals surface area contributed by atoms with Gasteiger partial charge < -0.3 is 4.74 Å². The van der Waals surface area contributed by atoms with E-state index in [1.165, 1.54) is 7.11 Å². The number of carbonyl (C=O) groups excluding carboxylic acids is 1. The fourth-order valence-corrected chi connectivity index (χ4v) is 4.68. The maximum absolute atomic E-state index is 12.9. The summed E-state index contributed by atoms with van der Waals surface area (Å²) in [6.45, 7) is 3.46. The predicted molar refractivity (Wildman–Crippen MR) is 114 cm³/mol. The number of rotatable bonds is 5. The standard InChI is InChI=1S/C19H24N6O4S/c1-13-11-16(29-2)22-19(20-13)23-18(26)17-21-14(15-5-3-4-6-25(15)17)12-24-7-9-30(27,28)10-8-24/h3-6,11,27-28H,7-10,12H2,1-2H3,(H,20,22,23,26). The van der Waals surface area contributed by atoms with Gasteiger partial charge in [-0.2, -0.15) is 15.6 Å². The van der Waals surface area contributed by atoms with Crippen LogP contribution < -0.4 is 10.1 Å². The zero-order chi connectivity index (χ0) is 21.3. The molecule has 0 aliphatic carbocycles. The van der Waals surface area contributed by atoms with Crippen molar-refractivity contribution in [2.24, 2.45) is 0 Å². The summed E-state index contributed by atoms with van der Waals surface area (Å²) in [4.78, 5) is 28.0. The van der Waals surface area contributed by atoms with Gasteiger partial charge in [-0.3, -0.25) is 28.5 Å². The molecule has 4 rings (SSSR count). The van der Waals surface area contributed by atoms with Gasteiger partial charge in [0, 0.05) is 37.6 Å². The lowest BCUT2D eigenvalue weighted by atomic mass is 10.3. The van der Waals surface area contributed by atoms with Crippen LogP contribution in [0.2, 0.25) is 0 Å². The molecule has 1 amide bonds. The van der Waals surface area contributed by atoms with Crippen molar-refractivity contribution in [2.75, 3.05) is 37.0 Å². The molecule has 0 unspecified atom stereocenters. The number of amides is 1. The Morgan fingerprint density at radius 1 is 1.23 bits per heavy atom. The number of anilines is 1. The van der Waals surface area contributed by atoms with Gasteiger partial charge in [0.05, 0.1) is 29.8 Å². The molecule has 3 aromatic rings. The normalized spacial score (nSPS) is 17.6. The van der Waals surface area contributed by atoms with Crippen LogP contribution in [0.1, 0.15) is 22.0 Å². The molecule has 3 aromatic heterocycles. The summed E-state index contributed by atoms with van der Waals surface area (Å²) >= 11 is 0. The van der Waals surface area contributed by atoms with Crippen molar-refractivity contribution in [3.63, 3.8) is 0 Å². The number of imidazole rings is 1. The van der Waals surface area contributed by atoms with Gasteiger partial charge in [0.2, 0.25) is 17.7 Å². The van der Waals surface area contributed by atoms with Gasteiger partial charge in [-0.25, -0.2) is 9.97 Å². The van der Waals surface area contributed by atoms with Crippen molar-refractivity contribution < 1.29 is 18.6 Å². The first-order valence-electron chi connectivity index (χ1n) is 9.47. The van der Waals surface area contributed by atoms with Crippen molar-refractivity contribution in [3.8, 4) is 5.88 Å². The summed E-state index contributed by atoms with van der Waals surface area (Å²) < 4.78 is 26.5. The van der Waals surface area contributed by atoms with Crippen LogP contribution in [0.3, 0.4) is 0 Å². The van der Waals surface area contributed by atoms with Gasteiger partial charge in [-0.15, -0.1) is 0 Å². The summed E-state index contributed by atoms with van der Waals surface area (Å²) in [5.74, 6) is 1.03. The Labute approximate surface area is 175 Å². The van der Waals surface area contributed by atoms with Gasteiger partial charge in [-0.1, -0.05) is 6.07 Å². The summed E-state index contributed by atoms with van der Waals surface area (Å²) in [5, 5.41) is 2.69. The van der Waals surface area contributed by atoms with Crippen molar-refractivity contribution >= 4 is 28.0 Å². The van der Waals surface area contributed by atoms with E-state index in [1.807, 2.05) is 18.2 Å². The molecule has 3 N–H and O–H groups in total. The molecule has 4 heterocycles. The molecule has 1 aliphatic rings. The van der Waals surface area contributed by atoms with E-state index < -0.39 is 16.5 Å². The van der Waals surface area contributed by atoms with E-state index in [1.54, 1.807) is 23.6 Å². The number of nitrogens with one attached hydrogen (secondary N) is 1. The van der Waals surface area contributed by atoms with Crippen LogP contribution in [0.4, 0.5) is 5.95 Å². The van der Waals surface area contributed by atoms with Crippen LogP contribution in [-0.4, -0.2) is 71.0 Å². The molecule has 0 saturated carbocycles. The first-order valence-corrected chi connectivity index (χ1v) is 11.4. The fourth-order valence-electron chi connectivity index (χ4n) is 3.37. The van der Waals surface area contributed by atoms with Gasteiger partial charge in [0.15, 0.2) is 0 Å². The van der Waals surface area contributed by atoms with Crippen LogP contribution in [0.5, 0.6) is 5.88 Å². The van der Waals surface area contributed by atoms with E-state index in [-0.39, 0.29) is 11.8 Å². The first kappa shape index (κ1) is 20.5. The quantitative estimate of drug-likeness (QED) is 0.561. The molecular weight excluding hydrogens is 408 g/mol. The SMILES string of the molecule is COc1cc(C)nc(NC(=O)c2nc(CN3CCS(O)(O)CC3)c3ccccn23)n1. The highest BCUT2D eigenvalue weighted by Gasteiger charge is 2.25. The Morgan fingerprint density at radius 3 is 2.73 bits per heavy atom. The summed E-state index contributed by atoms with van der Waals surface area (Å²) in [5.41, 5.74) is 2.24. The number of fused-ring (bicyclic) bond motifs is 1. The monoisotopic (exact) mass is 432 g/mol. The molecule has 1 saturated heterocycles. The van der Waals surface area contributed by atoms with Crippen LogP contribution in [-0.2, 0) is 6.54 Å². The Kier molecular flexibility index (Phi) is 5.60. The van der Waals surface area contributed by atoms with Crippen molar-refractivity contribution in [1.29, 1.82) is 0 Å². The van der Waals surface area contributed by atoms with E-state index in [9.17, 15) is 13.9 Å². The number of pyridine rings is 1. The van der Waals surface area contributed by atoms with E-state index >= 15 is 0 Å². The van der Waals surface area contributed by atoms with E-state index in [2.05, 4.69) is 25.2 Å². The minimum absolute atomic E-state index is 0.146. The number of ether oxygens (including phenoxy) is 1. The van der Waals surface area contributed by atoms with Crippen LogP contribution >= 0.6 is 10.6 Å². The lowest BCUT2D eigenvalue weighted by molar-refractivity contribution is 0.101. The van der Waals surface area contributed by atoms with E-state index in [0.29, 0.717) is 42.7 Å². The second-order valence-electron chi connectivity index (χ2n) is 7.15. The molecule has 11 heteroatoms. The van der Waals surface area contributed by atoms with Crippen LogP contribution in [0.25, 0.3) is 5.52 Å². The van der Waals surface area contributed by atoms with Gasteiger partial charge in [-0.05, 0) is 19.1 Å². The molecule has 0 spiro atoms. The second kappa shape index (κ2) is 8.19. The third-order valence-corrected chi connectivity index (χ3v) is 6.61. The Bertz CT molecular complexity index is 1080. The molecule has 0 atom stereocenters. The Hall–Kier alpha value is -2.73. The predicted octanol–water partition coefficient (Wildman–Crippen LogP) is 2.26. The fraction of sp³-hybridized carbons (Fsp3) is 0.368. The molecule has 0 aromatic carbocycles. The highest BCUT2D eigenvalue weighted by Crippen LogP contribution is 2.40. The molecule has 1 aliphatic heterocycles. The van der Waals surface area contributed by atoms with Gasteiger partial charge in [0.1, 0.15) is 0 Å². The van der Waals surface area contributed by atoms with E-state index in [4.69, 9.17) is 4.74 Å². The molecule has 30 heavy (non-hydrogen) atoms. The maximum Gasteiger partial charge on any atom is 0.294 e. The molecule has 1 fully saturated rings. The van der Waals surface area contributed by atoms with E-state index in [0.717, 1.165) is 11.2 Å². The highest BCUT2D eigenvalue weighted by molar-refractivity contribution is 8.24. The molecule has 10 nitrogen and oxygen atoms in total. The Morgan fingerprint density at radius 2 is 2.00 bits per heavy atom. The number of aromatic nitrogens is 4. The van der Waals surface area contributed by atoms with Crippen molar-refractivity contribution in [1.82, 2.24) is 24.3 Å². The number of hydrogen-bond acceptors (Lipinski definition) is 8. The summed E-state index contributed by atoms with van der Waals surface area (Å²) in [6.07, 6.45) is 1.78. The maximum atomic E-state index is 12.9. The number of carbonyl (C=O) groups is 1. The third-order valence-electron chi connectivity index (χ3n) is 4.94. The summed E-state index contributed by atoms with van der Waals surface area (Å²) in [6, 6.07) is 7.30. The summed E-state index contributed by atoms with van der Waals surface area (Å²) in [7, 11) is -0.957. The second-order valence-corrected chi connectivity index (χ2v) is 9.57. The molecule has 0 bridgehead atoms. The van der Waals surface area contributed by atoms with Crippen molar-refractivity contribution in [3.05, 3.63) is 47.7 Å². The lowest BCUT2D eigenvalue weighted by Gasteiger charge is -2.40. The Balaban J connectivity index is 1.59. The number of hydrogen-bond donors (Lipinski definition) is 3. The minimum Gasteiger partial charge on any atom is -0.481 e. The topological polar surface area (TPSA) is 125 Å². The number of nitrogens with zero attached hydrogens (tertiary/aromatic N) is 5. The highest BCUT2D eigenvalue weighted by atomic mass is 32.3. The van der Waals surface area contributed by atoms with Gasteiger partial charge >= 0.3 is 0 Å². The number of methoxy groups -OCH3 is 1. The number of aryl methyl sites for hydroxylation is 1. The molecular formula is C19H24N6O4S. The largest absolute Gasteiger partial charge is 0.481 e.